The Hall–Kier alpha value is -3.20. The highest BCUT2D eigenvalue weighted by Crippen LogP contribution is 2.55. The second kappa shape index (κ2) is 5.65. The van der Waals surface area contributed by atoms with E-state index in [0.717, 1.165) is 28.1 Å². The van der Waals surface area contributed by atoms with Crippen molar-refractivity contribution in [1.29, 1.82) is 0 Å². The van der Waals surface area contributed by atoms with Gasteiger partial charge in [-0.3, -0.25) is 0 Å². The number of likely N-dealkylation sites (N-methyl/N-ethyl adjacent to an activating group) is 1. The Morgan fingerprint density at radius 1 is 0.929 bits per heavy atom. The van der Waals surface area contributed by atoms with Gasteiger partial charge in [-0.1, -0.05) is 48.5 Å². The summed E-state index contributed by atoms with van der Waals surface area (Å²) >= 11 is 0. The van der Waals surface area contributed by atoms with Crippen LogP contribution in [0.5, 0.6) is 5.75 Å². The van der Waals surface area contributed by atoms with Crippen molar-refractivity contribution in [2.75, 3.05) is 17.7 Å². The van der Waals surface area contributed by atoms with Crippen LogP contribution in [0.1, 0.15) is 25.0 Å². The summed E-state index contributed by atoms with van der Waals surface area (Å²) in [5.41, 5.74) is 11.8. The molecular formula is C25H24N2O. The van der Waals surface area contributed by atoms with Crippen molar-refractivity contribution in [3.63, 3.8) is 0 Å². The van der Waals surface area contributed by atoms with E-state index < -0.39 is 5.72 Å². The van der Waals surface area contributed by atoms with Gasteiger partial charge in [0.2, 0.25) is 5.72 Å². The van der Waals surface area contributed by atoms with Crippen molar-refractivity contribution in [2.45, 2.75) is 25.0 Å². The molecule has 2 aliphatic rings. The number of nitrogens with zero attached hydrogens (tertiary/aromatic N) is 1. The molecule has 3 heteroatoms. The summed E-state index contributed by atoms with van der Waals surface area (Å²) in [6, 6.07) is 22.9. The third-order valence-corrected chi connectivity index (χ3v) is 6.30. The van der Waals surface area contributed by atoms with Gasteiger partial charge in [0.15, 0.2) is 0 Å². The van der Waals surface area contributed by atoms with Crippen molar-refractivity contribution in [3.05, 3.63) is 83.9 Å². The molecule has 1 atom stereocenters. The first-order chi connectivity index (χ1) is 13.4. The van der Waals surface area contributed by atoms with Gasteiger partial charge in [-0.2, -0.15) is 0 Å². The summed E-state index contributed by atoms with van der Waals surface area (Å²) < 4.78 is 6.91. The Bertz CT molecular complexity index is 1100. The number of hydrogen-bond donors (Lipinski definition) is 1. The van der Waals surface area contributed by atoms with Crippen molar-refractivity contribution >= 4 is 17.5 Å². The molecule has 2 N–H and O–H groups in total. The van der Waals surface area contributed by atoms with Crippen LogP contribution < -0.4 is 15.4 Å². The summed E-state index contributed by atoms with van der Waals surface area (Å²) in [5.74, 6) is 0.885. The predicted molar refractivity (Wildman–Crippen MR) is 117 cm³/mol. The Kier molecular flexibility index (Phi) is 3.42. The van der Waals surface area contributed by atoms with E-state index in [1.165, 1.54) is 11.3 Å². The smallest absolute Gasteiger partial charge is 0.211 e. The quantitative estimate of drug-likeness (QED) is 0.579. The molecule has 0 aromatic heterocycles. The van der Waals surface area contributed by atoms with Gasteiger partial charge < -0.3 is 15.4 Å². The summed E-state index contributed by atoms with van der Waals surface area (Å²) in [7, 11) is 2.11. The first kappa shape index (κ1) is 16.9. The van der Waals surface area contributed by atoms with E-state index >= 15 is 0 Å². The van der Waals surface area contributed by atoms with Crippen LogP contribution in [0.4, 0.5) is 11.4 Å². The predicted octanol–water partition coefficient (Wildman–Crippen LogP) is 5.47. The van der Waals surface area contributed by atoms with E-state index in [4.69, 9.17) is 10.5 Å². The number of nitrogens with two attached hydrogens (primary N) is 1. The summed E-state index contributed by atoms with van der Waals surface area (Å²) in [6.07, 6.45) is 4.34. The largest absolute Gasteiger partial charge is 0.462 e. The zero-order valence-corrected chi connectivity index (χ0v) is 16.4. The number of anilines is 2. The average molecular weight is 368 g/mol. The second-order valence-corrected chi connectivity index (χ2v) is 8.19. The zero-order chi connectivity index (χ0) is 19.5. The molecule has 1 unspecified atom stereocenters. The number of hydrogen-bond acceptors (Lipinski definition) is 3. The van der Waals surface area contributed by atoms with Gasteiger partial charge in [-0.05, 0) is 55.3 Å². The molecule has 2 heterocycles. The Balaban J connectivity index is 1.72. The molecule has 1 spiro atoms. The van der Waals surface area contributed by atoms with Crippen molar-refractivity contribution in [3.8, 4) is 16.9 Å². The zero-order valence-electron chi connectivity index (χ0n) is 16.4. The first-order valence-electron chi connectivity index (χ1n) is 9.64. The van der Waals surface area contributed by atoms with Gasteiger partial charge in [0.1, 0.15) is 5.75 Å². The van der Waals surface area contributed by atoms with Crippen LogP contribution in [0.15, 0.2) is 72.8 Å². The van der Waals surface area contributed by atoms with Crippen LogP contribution in [0, 0.1) is 0 Å². The molecule has 0 saturated heterocycles. The molecule has 0 amide bonds. The van der Waals surface area contributed by atoms with Gasteiger partial charge in [0, 0.05) is 29.5 Å². The first-order valence-corrected chi connectivity index (χ1v) is 9.64. The summed E-state index contributed by atoms with van der Waals surface area (Å²) in [4.78, 5) is 2.26. The van der Waals surface area contributed by atoms with Crippen molar-refractivity contribution in [2.24, 2.45) is 0 Å². The van der Waals surface area contributed by atoms with Gasteiger partial charge in [-0.25, -0.2) is 0 Å². The van der Waals surface area contributed by atoms with Crippen LogP contribution in [0.25, 0.3) is 17.2 Å². The Morgan fingerprint density at radius 3 is 2.39 bits per heavy atom. The molecule has 0 fully saturated rings. The van der Waals surface area contributed by atoms with Crippen molar-refractivity contribution < 1.29 is 4.74 Å². The van der Waals surface area contributed by atoms with Crippen molar-refractivity contribution in [1.82, 2.24) is 0 Å². The lowest BCUT2D eigenvalue weighted by atomic mass is 9.76. The Labute approximate surface area is 166 Å². The minimum Gasteiger partial charge on any atom is -0.462 e. The molecule has 0 bridgehead atoms. The molecule has 3 aromatic carbocycles. The van der Waals surface area contributed by atoms with Gasteiger partial charge >= 0.3 is 0 Å². The maximum Gasteiger partial charge on any atom is 0.211 e. The molecule has 0 radical (unpaired) electrons. The normalized spacial score (nSPS) is 21.3. The fourth-order valence-electron chi connectivity index (χ4n) is 4.74. The highest BCUT2D eigenvalue weighted by atomic mass is 16.5. The fraction of sp³-hybridized carbons (Fsp3) is 0.200. The molecule has 3 nitrogen and oxygen atoms in total. The van der Waals surface area contributed by atoms with Crippen LogP contribution in [-0.2, 0) is 5.41 Å². The third-order valence-electron chi connectivity index (χ3n) is 6.30. The highest BCUT2D eigenvalue weighted by Gasteiger charge is 2.57. The number of nitrogen functional groups attached to an aromatic ring is 1. The van der Waals surface area contributed by atoms with E-state index in [9.17, 15) is 0 Å². The molecular weight excluding hydrogens is 344 g/mol. The minimum atomic E-state index is -0.594. The standard InChI is InChI=1S/C25H24N2O/c1-24(2)21-11-7-8-12-22(21)27(3)25(24)14-13-18-15-19(26)16-20(23(18)28-25)17-9-5-4-6-10-17/h4-16H,26H2,1-3H3. The molecule has 0 aliphatic carbocycles. The minimum absolute atomic E-state index is 0.220. The SMILES string of the molecule is CN1c2ccccc2C(C)(C)C12C=Cc1cc(N)cc(-c3ccccc3)c1O2. The van der Waals surface area contributed by atoms with Gasteiger partial charge in [0.25, 0.3) is 0 Å². The van der Waals surface area contributed by atoms with Crippen LogP contribution in [0.3, 0.4) is 0 Å². The second-order valence-electron chi connectivity index (χ2n) is 8.19. The lowest BCUT2D eigenvalue weighted by Gasteiger charge is -2.46. The lowest BCUT2D eigenvalue weighted by Crippen LogP contribution is -2.58. The summed E-state index contributed by atoms with van der Waals surface area (Å²) in [6.45, 7) is 4.51. The van der Waals surface area contributed by atoms with Crippen LogP contribution in [0.2, 0.25) is 0 Å². The molecule has 0 saturated carbocycles. The molecule has 5 rings (SSSR count). The number of rotatable bonds is 1. The van der Waals surface area contributed by atoms with E-state index in [2.05, 4.69) is 74.3 Å². The average Bonchev–Trinajstić information content (AvgIpc) is 2.87. The van der Waals surface area contributed by atoms with Crippen LogP contribution >= 0.6 is 0 Å². The molecule has 2 aliphatic heterocycles. The highest BCUT2D eigenvalue weighted by molar-refractivity contribution is 5.83. The molecule has 28 heavy (non-hydrogen) atoms. The van der Waals surface area contributed by atoms with Gasteiger partial charge in [0.05, 0.1) is 5.41 Å². The molecule has 3 aromatic rings. The van der Waals surface area contributed by atoms with Gasteiger partial charge in [-0.15, -0.1) is 0 Å². The van der Waals surface area contributed by atoms with E-state index in [1.54, 1.807) is 0 Å². The maximum atomic E-state index is 6.91. The van der Waals surface area contributed by atoms with Crippen LogP contribution in [-0.4, -0.2) is 12.8 Å². The number of ether oxygens (including phenoxy) is 1. The fourth-order valence-corrected chi connectivity index (χ4v) is 4.74. The third kappa shape index (κ3) is 2.10. The number of para-hydroxylation sites is 1. The number of fused-ring (bicyclic) bond motifs is 2. The maximum absolute atomic E-state index is 6.91. The lowest BCUT2D eigenvalue weighted by molar-refractivity contribution is 0.0588. The van der Waals surface area contributed by atoms with E-state index in [-0.39, 0.29) is 5.41 Å². The monoisotopic (exact) mass is 368 g/mol. The number of benzene rings is 3. The Morgan fingerprint density at radius 2 is 1.64 bits per heavy atom. The van der Waals surface area contributed by atoms with E-state index in [0.29, 0.717) is 0 Å². The molecule has 140 valence electrons. The van der Waals surface area contributed by atoms with E-state index in [1.807, 2.05) is 30.3 Å². The topological polar surface area (TPSA) is 38.5 Å². The summed E-state index contributed by atoms with van der Waals surface area (Å²) in [5, 5.41) is 0.